The van der Waals surface area contributed by atoms with Crippen molar-refractivity contribution in [3.8, 4) is 17.2 Å². The standard InChI is InChI=1S/C26H25N3/c1-4-5-11-26(24-10-7-14-28-18-24)29-20(3)25-13-12-23(15-19(25)2)22-9-6-8-21(16-22)17-27/h6-16,18H,4-5H2,1-3H3/b26-11+,29-20?. The van der Waals surface area contributed by atoms with Gasteiger partial charge in [-0.15, -0.1) is 0 Å². The zero-order valence-electron chi connectivity index (χ0n) is 17.2. The maximum absolute atomic E-state index is 9.14. The number of nitriles is 1. The van der Waals surface area contributed by atoms with Gasteiger partial charge >= 0.3 is 0 Å². The van der Waals surface area contributed by atoms with E-state index in [-0.39, 0.29) is 0 Å². The molecule has 1 heterocycles. The van der Waals surface area contributed by atoms with E-state index in [1.54, 1.807) is 6.20 Å². The van der Waals surface area contributed by atoms with E-state index < -0.39 is 0 Å². The van der Waals surface area contributed by atoms with Gasteiger partial charge in [0.25, 0.3) is 0 Å². The molecule has 0 saturated carbocycles. The summed E-state index contributed by atoms with van der Waals surface area (Å²) in [7, 11) is 0. The van der Waals surface area contributed by atoms with Gasteiger partial charge in [0.1, 0.15) is 0 Å². The van der Waals surface area contributed by atoms with E-state index in [1.165, 1.54) is 0 Å². The smallest absolute Gasteiger partial charge is 0.0991 e. The second-order valence-electron chi connectivity index (χ2n) is 7.04. The summed E-state index contributed by atoms with van der Waals surface area (Å²) in [5.74, 6) is 0. The summed E-state index contributed by atoms with van der Waals surface area (Å²) in [6.07, 6.45) is 7.87. The van der Waals surface area contributed by atoms with Gasteiger partial charge in [0, 0.05) is 23.7 Å². The molecule has 0 aliphatic rings. The Morgan fingerprint density at radius 2 is 1.93 bits per heavy atom. The Morgan fingerprint density at radius 1 is 1.10 bits per heavy atom. The van der Waals surface area contributed by atoms with Crippen LogP contribution in [0.3, 0.4) is 0 Å². The zero-order chi connectivity index (χ0) is 20.6. The number of pyridine rings is 1. The molecule has 2 aromatic carbocycles. The monoisotopic (exact) mass is 379 g/mol. The van der Waals surface area contributed by atoms with Gasteiger partial charge in [-0.3, -0.25) is 9.98 Å². The van der Waals surface area contributed by atoms with Crippen molar-refractivity contribution in [3.05, 3.63) is 95.3 Å². The van der Waals surface area contributed by atoms with Gasteiger partial charge in [0.2, 0.25) is 0 Å². The van der Waals surface area contributed by atoms with Crippen LogP contribution >= 0.6 is 0 Å². The topological polar surface area (TPSA) is 49.0 Å². The fourth-order valence-corrected chi connectivity index (χ4v) is 3.28. The van der Waals surface area contributed by atoms with Crippen LogP contribution in [-0.2, 0) is 0 Å². The van der Waals surface area contributed by atoms with E-state index in [1.807, 2.05) is 42.6 Å². The number of aliphatic imine (C=N–C) groups is 1. The highest BCUT2D eigenvalue weighted by Gasteiger charge is 2.08. The number of hydrogen-bond acceptors (Lipinski definition) is 3. The summed E-state index contributed by atoms with van der Waals surface area (Å²) in [5, 5.41) is 9.14. The molecule has 0 spiro atoms. The Balaban J connectivity index is 1.95. The van der Waals surface area contributed by atoms with Crippen LogP contribution in [0.2, 0.25) is 0 Å². The predicted octanol–water partition coefficient (Wildman–Crippen LogP) is 6.58. The van der Waals surface area contributed by atoms with Crippen LogP contribution < -0.4 is 0 Å². The number of aryl methyl sites for hydroxylation is 1. The van der Waals surface area contributed by atoms with Crippen molar-refractivity contribution in [2.45, 2.75) is 33.6 Å². The van der Waals surface area contributed by atoms with Gasteiger partial charge in [0.05, 0.1) is 17.3 Å². The molecule has 0 bridgehead atoms. The first-order valence-electron chi connectivity index (χ1n) is 9.89. The Kier molecular flexibility index (Phi) is 6.71. The van der Waals surface area contributed by atoms with E-state index in [2.05, 4.69) is 56.1 Å². The first-order valence-corrected chi connectivity index (χ1v) is 9.89. The molecule has 0 aliphatic heterocycles. The lowest BCUT2D eigenvalue weighted by molar-refractivity contribution is 0.958. The van der Waals surface area contributed by atoms with Crippen LogP contribution in [0.5, 0.6) is 0 Å². The van der Waals surface area contributed by atoms with Gasteiger partial charge in [-0.1, -0.05) is 49.8 Å². The number of allylic oxidation sites excluding steroid dienone is 1. The number of rotatable bonds is 6. The zero-order valence-corrected chi connectivity index (χ0v) is 17.2. The molecule has 29 heavy (non-hydrogen) atoms. The second kappa shape index (κ2) is 9.61. The fraction of sp³-hybridized carbons (Fsp3) is 0.192. The Morgan fingerprint density at radius 3 is 2.62 bits per heavy atom. The van der Waals surface area contributed by atoms with Crippen LogP contribution in [0.25, 0.3) is 16.8 Å². The molecule has 3 nitrogen and oxygen atoms in total. The van der Waals surface area contributed by atoms with Gasteiger partial charge in [0.15, 0.2) is 0 Å². The molecule has 0 radical (unpaired) electrons. The third-order valence-corrected chi connectivity index (χ3v) is 4.81. The number of aromatic nitrogens is 1. The SMILES string of the molecule is CCC/C=C(/N=C(C)c1ccc(-c2cccc(C#N)c2)cc1C)c1cccnc1. The largest absolute Gasteiger partial charge is 0.264 e. The molecule has 144 valence electrons. The van der Waals surface area contributed by atoms with Crippen molar-refractivity contribution >= 4 is 11.4 Å². The summed E-state index contributed by atoms with van der Waals surface area (Å²) in [6, 6.07) is 20.3. The van der Waals surface area contributed by atoms with E-state index in [0.717, 1.165) is 52.1 Å². The van der Waals surface area contributed by atoms with Crippen LogP contribution in [0.1, 0.15) is 48.9 Å². The summed E-state index contributed by atoms with van der Waals surface area (Å²) in [5.41, 5.74) is 8.07. The number of hydrogen-bond donors (Lipinski definition) is 0. The molecular weight excluding hydrogens is 354 g/mol. The highest BCUT2D eigenvalue weighted by molar-refractivity contribution is 6.03. The quantitative estimate of drug-likeness (QED) is 0.454. The molecule has 1 aromatic heterocycles. The van der Waals surface area contributed by atoms with E-state index in [0.29, 0.717) is 5.56 Å². The summed E-state index contributed by atoms with van der Waals surface area (Å²) >= 11 is 0. The minimum Gasteiger partial charge on any atom is -0.264 e. The molecule has 0 amide bonds. The minimum atomic E-state index is 0.671. The number of nitrogens with zero attached hydrogens (tertiary/aromatic N) is 3. The molecule has 0 fully saturated rings. The average molecular weight is 380 g/mol. The molecule has 0 saturated heterocycles. The van der Waals surface area contributed by atoms with Crippen molar-refractivity contribution < 1.29 is 0 Å². The molecule has 3 heteroatoms. The normalized spacial score (nSPS) is 11.9. The lowest BCUT2D eigenvalue weighted by Crippen LogP contribution is -1.99. The van der Waals surface area contributed by atoms with Gasteiger partial charge in [-0.25, -0.2) is 0 Å². The van der Waals surface area contributed by atoms with Gasteiger partial charge in [-0.05, 0) is 66.8 Å². The lowest BCUT2D eigenvalue weighted by atomic mass is 9.97. The predicted molar refractivity (Wildman–Crippen MR) is 121 cm³/mol. The lowest BCUT2D eigenvalue weighted by Gasteiger charge is -2.11. The summed E-state index contributed by atoms with van der Waals surface area (Å²) in [6.45, 7) is 6.32. The van der Waals surface area contributed by atoms with Crippen molar-refractivity contribution in [2.24, 2.45) is 4.99 Å². The van der Waals surface area contributed by atoms with Gasteiger partial charge in [-0.2, -0.15) is 5.26 Å². The van der Waals surface area contributed by atoms with Crippen LogP contribution in [0.15, 0.2) is 78.1 Å². The molecular formula is C26H25N3. The maximum atomic E-state index is 9.14. The number of unbranched alkanes of at least 4 members (excludes halogenated alkanes) is 1. The van der Waals surface area contributed by atoms with Gasteiger partial charge < -0.3 is 0 Å². The molecule has 0 atom stereocenters. The van der Waals surface area contributed by atoms with Crippen LogP contribution in [0, 0.1) is 18.3 Å². The van der Waals surface area contributed by atoms with E-state index in [9.17, 15) is 0 Å². The molecule has 3 aromatic rings. The molecule has 3 rings (SSSR count). The minimum absolute atomic E-state index is 0.671. The highest BCUT2D eigenvalue weighted by atomic mass is 14.8. The van der Waals surface area contributed by atoms with Crippen LogP contribution in [0.4, 0.5) is 0 Å². The van der Waals surface area contributed by atoms with Crippen molar-refractivity contribution in [2.75, 3.05) is 0 Å². The Hall–Kier alpha value is -3.51. The second-order valence-corrected chi connectivity index (χ2v) is 7.04. The Labute approximate surface area is 173 Å². The number of benzene rings is 2. The average Bonchev–Trinajstić information content (AvgIpc) is 2.77. The van der Waals surface area contributed by atoms with Crippen molar-refractivity contribution in [1.29, 1.82) is 5.26 Å². The van der Waals surface area contributed by atoms with Crippen LogP contribution in [-0.4, -0.2) is 10.7 Å². The molecule has 0 N–H and O–H groups in total. The third kappa shape index (κ3) is 5.06. The molecule has 0 aliphatic carbocycles. The summed E-state index contributed by atoms with van der Waals surface area (Å²) < 4.78 is 0. The fourth-order valence-electron chi connectivity index (χ4n) is 3.28. The molecule has 0 unspecified atom stereocenters. The first kappa shape index (κ1) is 20.2. The first-order chi connectivity index (χ1) is 14.1. The van der Waals surface area contributed by atoms with E-state index in [4.69, 9.17) is 10.3 Å². The van der Waals surface area contributed by atoms with Crippen molar-refractivity contribution in [1.82, 2.24) is 4.98 Å². The van der Waals surface area contributed by atoms with Crippen molar-refractivity contribution in [3.63, 3.8) is 0 Å². The van der Waals surface area contributed by atoms with E-state index >= 15 is 0 Å². The summed E-state index contributed by atoms with van der Waals surface area (Å²) in [4.78, 5) is 9.18. The highest BCUT2D eigenvalue weighted by Crippen LogP contribution is 2.25. The Bertz CT molecular complexity index is 1090. The maximum Gasteiger partial charge on any atom is 0.0991 e. The third-order valence-electron chi connectivity index (χ3n) is 4.81.